The van der Waals surface area contributed by atoms with Crippen LogP contribution >= 0.6 is 15.9 Å². The van der Waals surface area contributed by atoms with E-state index in [-0.39, 0.29) is 5.78 Å². The molecule has 0 heterocycles. The van der Waals surface area contributed by atoms with Crippen LogP contribution in [0.1, 0.15) is 12.5 Å². The second-order valence-electron chi connectivity index (χ2n) is 3.16. The fourth-order valence-corrected chi connectivity index (χ4v) is 1.37. The van der Waals surface area contributed by atoms with Gasteiger partial charge in [-0.2, -0.15) is 0 Å². The zero-order valence-corrected chi connectivity index (χ0v) is 9.54. The number of nitrogens with two attached hydrogens (primary N) is 1. The van der Waals surface area contributed by atoms with E-state index in [9.17, 15) is 4.79 Å². The molecule has 14 heavy (non-hydrogen) atoms. The van der Waals surface area contributed by atoms with Crippen molar-refractivity contribution in [1.29, 1.82) is 0 Å². The largest absolute Gasteiger partial charge is 0.402 e. The van der Waals surface area contributed by atoms with Crippen molar-refractivity contribution in [2.75, 3.05) is 0 Å². The molecule has 0 aliphatic heterocycles. The molecule has 0 aliphatic carbocycles. The zero-order valence-electron chi connectivity index (χ0n) is 7.96. The molecule has 2 nitrogen and oxygen atoms in total. The minimum atomic E-state index is 0.0346. The molecule has 0 amide bonds. The van der Waals surface area contributed by atoms with Crippen LogP contribution in [0.3, 0.4) is 0 Å². The van der Waals surface area contributed by atoms with Crippen molar-refractivity contribution in [2.45, 2.75) is 13.3 Å². The van der Waals surface area contributed by atoms with Crippen LogP contribution in [0.5, 0.6) is 0 Å². The molecule has 0 spiro atoms. The first kappa shape index (κ1) is 11.0. The lowest BCUT2D eigenvalue weighted by molar-refractivity contribution is -0.114. The highest BCUT2D eigenvalue weighted by Crippen LogP contribution is 2.11. The van der Waals surface area contributed by atoms with Gasteiger partial charge in [0.15, 0.2) is 5.78 Å². The fraction of sp³-hybridized carbons (Fsp3) is 0.182. The molecule has 74 valence electrons. The molecule has 0 atom stereocenters. The van der Waals surface area contributed by atoms with Crippen molar-refractivity contribution in [1.82, 2.24) is 0 Å². The average Bonchev–Trinajstić information content (AvgIpc) is 2.07. The average molecular weight is 254 g/mol. The van der Waals surface area contributed by atoms with Crippen LogP contribution in [0.25, 0.3) is 0 Å². The van der Waals surface area contributed by atoms with Crippen molar-refractivity contribution >= 4 is 21.7 Å². The minimum Gasteiger partial charge on any atom is -0.402 e. The third kappa shape index (κ3) is 3.75. The number of allylic oxidation sites excluding steroid dienone is 2. The van der Waals surface area contributed by atoms with E-state index >= 15 is 0 Å². The Labute approximate surface area is 91.9 Å². The predicted molar refractivity (Wildman–Crippen MR) is 60.8 cm³/mol. The Morgan fingerprint density at radius 3 is 2.50 bits per heavy atom. The van der Waals surface area contributed by atoms with Crippen molar-refractivity contribution in [3.63, 3.8) is 0 Å². The lowest BCUT2D eigenvalue weighted by Crippen LogP contribution is -2.02. The molecule has 1 aromatic carbocycles. The van der Waals surface area contributed by atoms with Crippen LogP contribution in [0.15, 0.2) is 40.5 Å². The third-order valence-corrected chi connectivity index (χ3v) is 2.21. The quantitative estimate of drug-likeness (QED) is 0.842. The van der Waals surface area contributed by atoms with E-state index in [1.807, 2.05) is 24.3 Å². The normalized spacial score (nSPS) is 11.4. The summed E-state index contributed by atoms with van der Waals surface area (Å²) in [6.07, 6.45) is 1.86. The highest BCUT2D eigenvalue weighted by Gasteiger charge is 2.00. The number of rotatable bonds is 3. The van der Waals surface area contributed by atoms with Gasteiger partial charge in [-0.1, -0.05) is 28.1 Å². The van der Waals surface area contributed by atoms with Crippen LogP contribution < -0.4 is 5.73 Å². The number of hydrogen-bond acceptors (Lipinski definition) is 2. The van der Waals surface area contributed by atoms with Gasteiger partial charge in [-0.05, 0) is 30.7 Å². The first-order valence-corrected chi connectivity index (χ1v) is 5.08. The van der Waals surface area contributed by atoms with Gasteiger partial charge < -0.3 is 5.73 Å². The predicted octanol–water partition coefficient (Wildman–Crippen LogP) is 2.42. The van der Waals surface area contributed by atoms with Gasteiger partial charge in [0.1, 0.15) is 0 Å². The maximum absolute atomic E-state index is 11.3. The van der Waals surface area contributed by atoms with E-state index in [0.717, 1.165) is 10.0 Å². The van der Waals surface area contributed by atoms with Gasteiger partial charge in [0, 0.05) is 16.6 Å². The van der Waals surface area contributed by atoms with Crippen LogP contribution in [0, 0.1) is 0 Å². The van der Waals surface area contributed by atoms with Crippen molar-refractivity contribution in [3.05, 3.63) is 46.1 Å². The van der Waals surface area contributed by atoms with Gasteiger partial charge in [-0.15, -0.1) is 0 Å². The van der Waals surface area contributed by atoms with Gasteiger partial charge in [0.25, 0.3) is 0 Å². The molecule has 0 fully saturated rings. The van der Waals surface area contributed by atoms with E-state index in [2.05, 4.69) is 15.9 Å². The van der Waals surface area contributed by atoms with Crippen LogP contribution in [-0.4, -0.2) is 5.78 Å². The van der Waals surface area contributed by atoms with Gasteiger partial charge >= 0.3 is 0 Å². The molecule has 3 heteroatoms. The third-order valence-electron chi connectivity index (χ3n) is 1.68. The molecule has 0 aromatic heterocycles. The topological polar surface area (TPSA) is 43.1 Å². The molecule has 1 aromatic rings. The SMILES string of the molecule is C/C(N)=C/C(=O)Cc1ccc(Br)cc1. The fourth-order valence-electron chi connectivity index (χ4n) is 1.11. The summed E-state index contributed by atoms with van der Waals surface area (Å²) in [6, 6.07) is 7.67. The van der Waals surface area contributed by atoms with E-state index in [1.165, 1.54) is 6.08 Å². The molecule has 0 unspecified atom stereocenters. The van der Waals surface area contributed by atoms with Crippen molar-refractivity contribution < 1.29 is 4.79 Å². The van der Waals surface area contributed by atoms with E-state index in [1.54, 1.807) is 6.92 Å². The minimum absolute atomic E-state index is 0.0346. The summed E-state index contributed by atoms with van der Waals surface area (Å²) >= 11 is 3.34. The molecule has 0 saturated carbocycles. The Balaban J connectivity index is 2.66. The van der Waals surface area contributed by atoms with Crippen LogP contribution in [-0.2, 0) is 11.2 Å². The number of halogens is 1. The number of ketones is 1. The smallest absolute Gasteiger partial charge is 0.161 e. The molecule has 0 aliphatic rings. The summed E-state index contributed by atoms with van der Waals surface area (Å²) in [5.74, 6) is 0.0346. The summed E-state index contributed by atoms with van der Waals surface area (Å²) in [5, 5.41) is 0. The van der Waals surface area contributed by atoms with Crippen LogP contribution in [0.2, 0.25) is 0 Å². The molecule has 2 N–H and O–H groups in total. The van der Waals surface area contributed by atoms with Crippen LogP contribution in [0.4, 0.5) is 0 Å². The summed E-state index contributed by atoms with van der Waals surface area (Å²) in [7, 11) is 0. The second-order valence-corrected chi connectivity index (χ2v) is 4.07. The van der Waals surface area contributed by atoms with Crippen molar-refractivity contribution in [3.8, 4) is 0 Å². The second kappa shape index (κ2) is 4.96. The monoisotopic (exact) mass is 253 g/mol. The molecular weight excluding hydrogens is 242 g/mol. The van der Waals surface area contributed by atoms with Gasteiger partial charge in [0.2, 0.25) is 0 Å². The summed E-state index contributed by atoms with van der Waals surface area (Å²) in [6.45, 7) is 1.71. The maximum atomic E-state index is 11.3. The summed E-state index contributed by atoms with van der Waals surface area (Å²) in [5.41, 5.74) is 6.95. The standard InChI is InChI=1S/C11H12BrNO/c1-8(13)6-11(14)7-9-2-4-10(12)5-3-9/h2-6H,7,13H2,1H3/b8-6-. The lowest BCUT2D eigenvalue weighted by Gasteiger charge is -1.98. The number of hydrogen-bond donors (Lipinski definition) is 1. The van der Waals surface area contributed by atoms with E-state index in [0.29, 0.717) is 12.1 Å². The maximum Gasteiger partial charge on any atom is 0.161 e. The summed E-state index contributed by atoms with van der Waals surface area (Å²) < 4.78 is 1.01. The first-order chi connectivity index (χ1) is 6.58. The summed E-state index contributed by atoms with van der Waals surface area (Å²) in [4.78, 5) is 11.3. The van der Waals surface area contributed by atoms with Gasteiger partial charge in [-0.25, -0.2) is 0 Å². The number of benzene rings is 1. The Bertz CT molecular complexity index is 350. The Morgan fingerprint density at radius 2 is 2.00 bits per heavy atom. The Kier molecular flexibility index (Phi) is 3.89. The zero-order chi connectivity index (χ0) is 10.6. The van der Waals surface area contributed by atoms with Gasteiger partial charge in [-0.3, -0.25) is 4.79 Å². The van der Waals surface area contributed by atoms with Gasteiger partial charge in [0.05, 0.1) is 0 Å². The lowest BCUT2D eigenvalue weighted by atomic mass is 10.1. The Morgan fingerprint density at radius 1 is 1.43 bits per heavy atom. The number of carbonyl (C=O) groups excluding carboxylic acids is 1. The molecule has 0 saturated heterocycles. The highest BCUT2D eigenvalue weighted by atomic mass is 79.9. The molecule has 0 radical (unpaired) electrons. The molecule has 0 bridgehead atoms. The molecule has 1 rings (SSSR count). The Hall–Kier alpha value is -1.09. The first-order valence-electron chi connectivity index (χ1n) is 4.29. The van der Waals surface area contributed by atoms with Crippen molar-refractivity contribution in [2.24, 2.45) is 5.73 Å². The van der Waals surface area contributed by atoms with E-state index in [4.69, 9.17) is 5.73 Å². The highest BCUT2D eigenvalue weighted by molar-refractivity contribution is 9.10. The van der Waals surface area contributed by atoms with E-state index < -0.39 is 0 Å². The molecular formula is C11H12BrNO. The number of carbonyl (C=O) groups is 1.